The molecule has 2 heterocycles. The first-order valence-electron chi connectivity index (χ1n) is 10.5. The fourth-order valence-electron chi connectivity index (χ4n) is 3.90. The second kappa shape index (κ2) is 9.00. The monoisotopic (exact) mass is 452 g/mol. The Kier molecular flexibility index (Phi) is 6.14. The fraction of sp³-hybridized carbons (Fsp3) is 0.250. The van der Waals surface area contributed by atoms with Crippen LogP contribution in [0.1, 0.15) is 30.3 Å². The second-order valence-electron chi connectivity index (χ2n) is 7.53. The summed E-state index contributed by atoms with van der Waals surface area (Å²) in [6.07, 6.45) is 2.84. The summed E-state index contributed by atoms with van der Waals surface area (Å²) in [5.41, 5.74) is 0.992. The fourth-order valence-corrected chi connectivity index (χ4v) is 5.43. The van der Waals surface area contributed by atoms with Gasteiger partial charge in [0.25, 0.3) is 10.0 Å². The average Bonchev–Trinajstić information content (AvgIpc) is 3.20. The van der Waals surface area contributed by atoms with Crippen LogP contribution >= 0.6 is 0 Å². The van der Waals surface area contributed by atoms with Gasteiger partial charge in [0.1, 0.15) is 12.2 Å². The third-order valence-electron chi connectivity index (χ3n) is 5.34. The Morgan fingerprint density at radius 2 is 1.75 bits per heavy atom. The molecule has 1 aliphatic heterocycles. The van der Waals surface area contributed by atoms with E-state index in [4.69, 9.17) is 4.74 Å². The van der Waals surface area contributed by atoms with Gasteiger partial charge in [-0.25, -0.2) is 12.4 Å². The van der Waals surface area contributed by atoms with E-state index in [-0.39, 0.29) is 28.9 Å². The van der Waals surface area contributed by atoms with Crippen molar-refractivity contribution in [3.05, 3.63) is 78.1 Å². The van der Waals surface area contributed by atoms with E-state index in [0.717, 1.165) is 3.97 Å². The van der Waals surface area contributed by atoms with Gasteiger partial charge in [0.15, 0.2) is 0 Å². The summed E-state index contributed by atoms with van der Waals surface area (Å²) in [5, 5.41) is 0.662. The van der Waals surface area contributed by atoms with E-state index < -0.39 is 10.0 Å². The third kappa shape index (κ3) is 4.18. The van der Waals surface area contributed by atoms with Gasteiger partial charge in [-0.3, -0.25) is 9.59 Å². The lowest BCUT2D eigenvalue weighted by molar-refractivity contribution is -0.143. The Morgan fingerprint density at radius 1 is 1.03 bits per heavy atom. The molecule has 0 fully saturated rings. The topological polar surface area (TPSA) is 85.7 Å². The zero-order valence-electron chi connectivity index (χ0n) is 17.7. The molecule has 0 unspecified atom stereocenters. The largest absolute Gasteiger partial charge is 0.465 e. The van der Waals surface area contributed by atoms with Crippen LogP contribution in [0.4, 0.5) is 0 Å². The Balaban J connectivity index is 1.78. The van der Waals surface area contributed by atoms with Gasteiger partial charge in [-0.15, -0.1) is 0 Å². The molecule has 8 heteroatoms. The highest BCUT2D eigenvalue weighted by atomic mass is 32.2. The molecule has 7 nitrogen and oxygen atoms in total. The number of hydrogen-bond donors (Lipinski definition) is 0. The lowest BCUT2D eigenvalue weighted by atomic mass is 10.0. The van der Waals surface area contributed by atoms with Crippen LogP contribution in [0.25, 0.3) is 10.9 Å². The van der Waals surface area contributed by atoms with Gasteiger partial charge in [-0.05, 0) is 44.0 Å². The molecule has 32 heavy (non-hydrogen) atoms. The van der Waals surface area contributed by atoms with Gasteiger partial charge in [-0.2, -0.15) is 0 Å². The number of rotatable bonds is 7. The van der Waals surface area contributed by atoms with Crippen LogP contribution in [-0.2, 0) is 19.6 Å². The Bertz CT molecular complexity index is 1290. The van der Waals surface area contributed by atoms with Crippen LogP contribution < -0.4 is 0 Å². The van der Waals surface area contributed by atoms with E-state index in [1.165, 1.54) is 12.1 Å². The molecule has 1 aromatic heterocycles. The SMILES string of the molecule is CCOC(=O)CN1C=C(C(=O)c2cc3ccccc3n2S(=O)(=O)c2ccccc2)CCC1. The van der Waals surface area contributed by atoms with Crippen molar-refractivity contribution in [3.8, 4) is 0 Å². The molecule has 166 valence electrons. The number of carbonyl (C=O) groups is 2. The number of ether oxygens (including phenoxy) is 1. The molecule has 4 rings (SSSR count). The predicted octanol–water partition coefficient (Wildman–Crippen LogP) is 3.60. The van der Waals surface area contributed by atoms with Crippen LogP contribution in [0.15, 0.2) is 77.3 Å². The van der Waals surface area contributed by atoms with Gasteiger partial charge >= 0.3 is 5.97 Å². The smallest absolute Gasteiger partial charge is 0.325 e. The molecular formula is C24H24N2O5S. The molecular weight excluding hydrogens is 428 g/mol. The highest BCUT2D eigenvalue weighted by Crippen LogP contribution is 2.29. The first-order chi connectivity index (χ1) is 15.4. The zero-order valence-corrected chi connectivity index (χ0v) is 18.5. The van der Waals surface area contributed by atoms with Crippen LogP contribution in [0.3, 0.4) is 0 Å². The molecule has 0 N–H and O–H groups in total. The van der Waals surface area contributed by atoms with Gasteiger partial charge in [0, 0.05) is 23.7 Å². The van der Waals surface area contributed by atoms with Crippen molar-refractivity contribution >= 4 is 32.7 Å². The second-order valence-corrected chi connectivity index (χ2v) is 9.32. The summed E-state index contributed by atoms with van der Waals surface area (Å²) in [7, 11) is -4.00. The van der Waals surface area contributed by atoms with Crippen molar-refractivity contribution in [2.24, 2.45) is 0 Å². The highest BCUT2D eigenvalue weighted by Gasteiger charge is 2.29. The number of Topliss-reactive ketones (excluding diaryl/α,β-unsaturated/α-hetero) is 1. The number of para-hydroxylation sites is 1. The minimum atomic E-state index is -4.00. The molecule has 0 amide bonds. The molecule has 0 radical (unpaired) electrons. The lowest BCUT2D eigenvalue weighted by Gasteiger charge is -2.25. The van der Waals surface area contributed by atoms with E-state index in [2.05, 4.69) is 0 Å². The van der Waals surface area contributed by atoms with E-state index in [9.17, 15) is 18.0 Å². The molecule has 0 bridgehead atoms. The predicted molar refractivity (Wildman–Crippen MR) is 121 cm³/mol. The van der Waals surface area contributed by atoms with Crippen LogP contribution in [0, 0.1) is 0 Å². The van der Waals surface area contributed by atoms with Crippen molar-refractivity contribution in [1.29, 1.82) is 0 Å². The molecule has 0 saturated carbocycles. The van der Waals surface area contributed by atoms with Crippen LogP contribution in [-0.4, -0.2) is 48.7 Å². The first-order valence-corrected chi connectivity index (χ1v) is 11.9. The summed E-state index contributed by atoms with van der Waals surface area (Å²) in [4.78, 5) is 27.2. The minimum Gasteiger partial charge on any atom is -0.465 e. The summed E-state index contributed by atoms with van der Waals surface area (Å²) >= 11 is 0. The maximum Gasteiger partial charge on any atom is 0.325 e. The summed E-state index contributed by atoms with van der Waals surface area (Å²) < 4.78 is 33.2. The van der Waals surface area contributed by atoms with Crippen molar-refractivity contribution in [1.82, 2.24) is 8.87 Å². The lowest BCUT2D eigenvalue weighted by Crippen LogP contribution is -2.31. The zero-order chi connectivity index (χ0) is 22.7. The normalized spacial score (nSPS) is 14.3. The highest BCUT2D eigenvalue weighted by molar-refractivity contribution is 7.90. The standard InChI is InChI=1S/C24H24N2O5S/c1-2-31-23(27)17-25-14-8-10-19(16-25)24(28)22-15-18-9-6-7-13-21(18)26(22)32(29,30)20-11-4-3-5-12-20/h3-7,9,11-13,15-16H,2,8,10,14,17H2,1H3. The van der Waals surface area contributed by atoms with Crippen molar-refractivity contribution < 1.29 is 22.7 Å². The van der Waals surface area contributed by atoms with Gasteiger partial charge in [0.05, 0.1) is 17.0 Å². The van der Waals surface area contributed by atoms with E-state index >= 15 is 0 Å². The Labute approximate surface area is 187 Å². The molecule has 0 spiro atoms. The molecule has 3 aromatic rings. The Hall–Kier alpha value is -3.39. The number of esters is 1. The number of benzene rings is 2. The summed E-state index contributed by atoms with van der Waals surface area (Å²) in [6.45, 7) is 2.71. The number of nitrogens with zero attached hydrogens (tertiary/aromatic N) is 2. The summed E-state index contributed by atoms with van der Waals surface area (Å²) in [5.74, 6) is -0.729. The van der Waals surface area contributed by atoms with Crippen molar-refractivity contribution in [2.75, 3.05) is 19.7 Å². The summed E-state index contributed by atoms with van der Waals surface area (Å²) in [6, 6.07) is 16.7. The molecule has 0 aliphatic carbocycles. The van der Waals surface area contributed by atoms with Crippen LogP contribution in [0.2, 0.25) is 0 Å². The Morgan fingerprint density at radius 3 is 2.50 bits per heavy atom. The first kappa shape index (κ1) is 21.8. The maximum atomic E-state index is 13.5. The van der Waals surface area contributed by atoms with E-state index in [1.54, 1.807) is 66.6 Å². The number of hydrogen-bond acceptors (Lipinski definition) is 6. The number of aromatic nitrogens is 1. The van der Waals surface area contributed by atoms with Crippen LogP contribution in [0.5, 0.6) is 0 Å². The molecule has 0 atom stereocenters. The number of fused-ring (bicyclic) bond motifs is 1. The molecule has 1 aliphatic rings. The average molecular weight is 453 g/mol. The molecule has 2 aromatic carbocycles. The molecule has 0 saturated heterocycles. The van der Waals surface area contributed by atoms with E-state index in [1.807, 2.05) is 0 Å². The number of carbonyl (C=O) groups excluding carboxylic acids is 2. The van der Waals surface area contributed by atoms with E-state index in [0.29, 0.717) is 42.5 Å². The van der Waals surface area contributed by atoms with Crippen molar-refractivity contribution in [2.45, 2.75) is 24.7 Å². The van der Waals surface area contributed by atoms with Gasteiger partial charge < -0.3 is 9.64 Å². The minimum absolute atomic E-state index is 0.0515. The van der Waals surface area contributed by atoms with Crippen molar-refractivity contribution in [3.63, 3.8) is 0 Å². The number of allylic oxidation sites excluding steroid dienone is 1. The van der Waals surface area contributed by atoms with Gasteiger partial charge in [-0.1, -0.05) is 36.4 Å². The van der Waals surface area contributed by atoms with Gasteiger partial charge in [0.2, 0.25) is 5.78 Å². The quantitative estimate of drug-likeness (QED) is 0.402. The third-order valence-corrected chi connectivity index (χ3v) is 7.08. The number of ketones is 1. The maximum absolute atomic E-state index is 13.5.